The fourth-order valence-electron chi connectivity index (χ4n) is 3.32. The maximum absolute atomic E-state index is 12.5. The summed E-state index contributed by atoms with van der Waals surface area (Å²) in [6, 6.07) is 9.18. The first kappa shape index (κ1) is 25.3. The van der Waals surface area contributed by atoms with Gasteiger partial charge in [-0.25, -0.2) is 8.42 Å². The van der Waals surface area contributed by atoms with Gasteiger partial charge in [0.2, 0.25) is 5.91 Å². The molecule has 1 heterocycles. The molecule has 174 valence electrons. The second-order valence-electron chi connectivity index (χ2n) is 8.21. The number of hydrogen-bond donors (Lipinski definition) is 0. The smallest absolute Gasteiger partial charge is 0.311 e. The number of amides is 1. The number of nitrogens with zero attached hydrogens (tertiary/aromatic N) is 3. The molecule has 0 radical (unpaired) electrons. The van der Waals surface area contributed by atoms with Crippen LogP contribution < -0.4 is 4.90 Å². The van der Waals surface area contributed by atoms with Crippen LogP contribution in [-0.2, 0) is 24.3 Å². The lowest BCUT2D eigenvalue weighted by atomic mass is 9.91. The van der Waals surface area contributed by atoms with E-state index in [1.54, 1.807) is 36.8 Å². The van der Waals surface area contributed by atoms with E-state index in [-0.39, 0.29) is 43.6 Å². The molecule has 9 heteroatoms. The Morgan fingerprint density at radius 1 is 1.31 bits per heavy atom. The third-order valence-corrected chi connectivity index (χ3v) is 6.31. The number of carbonyl (C=O) groups is 2. The van der Waals surface area contributed by atoms with Crippen LogP contribution in [0, 0.1) is 11.3 Å². The summed E-state index contributed by atoms with van der Waals surface area (Å²) in [5, 5.41) is 0. The summed E-state index contributed by atoms with van der Waals surface area (Å²) in [7, 11) is -2.05. The van der Waals surface area contributed by atoms with Crippen LogP contribution in [-0.4, -0.2) is 63.5 Å². The lowest BCUT2D eigenvalue weighted by Crippen LogP contribution is -2.40. The van der Waals surface area contributed by atoms with Crippen molar-refractivity contribution in [2.24, 2.45) is 15.7 Å². The Morgan fingerprint density at radius 2 is 1.97 bits per heavy atom. The van der Waals surface area contributed by atoms with Crippen LogP contribution in [0.25, 0.3) is 0 Å². The second-order valence-corrected chi connectivity index (χ2v) is 9.89. The molecular formula is C23H31N3O5S. The lowest BCUT2D eigenvalue weighted by molar-refractivity contribution is -0.148. The molecule has 1 aliphatic rings. The van der Waals surface area contributed by atoms with Crippen LogP contribution in [0.4, 0.5) is 5.69 Å². The van der Waals surface area contributed by atoms with Crippen LogP contribution in [0.1, 0.15) is 20.3 Å². The Kier molecular flexibility index (Phi) is 8.38. The van der Waals surface area contributed by atoms with E-state index >= 15 is 0 Å². The molecule has 2 rings (SSSR count). The van der Waals surface area contributed by atoms with E-state index in [0.29, 0.717) is 0 Å². The van der Waals surface area contributed by atoms with Crippen LogP contribution >= 0.6 is 0 Å². The van der Waals surface area contributed by atoms with Crippen molar-refractivity contribution in [3.05, 3.63) is 55.6 Å². The summed E-state index contributed by atoms with van der Waals surface area (Å²) in [6.07, 6.45) is 2.99. The fourth-order valence-corrected chi connectivity index (χ4v) is 4.33. The number of esters is 1. The summed E-state index contributed by atoms with van der Waals surface area (Å²) in [6.45, 7) is 11.3. The van der Waals surface area contributed by atoms with Gasteiger partial charge in [-0.3, -0.25) is 9.59 Å². The minimum atomic E-state index is -3.73. The fraction of sp³-hybridized carbons (Fsp3) is 0.435. The molecule has 0 N–H and O–H groups in total. The molecule has 32 heavy (non-hydrogen) atoms. The molecule has 1 aliphatic heterocycles. The predicted octanol–water partition coefficient (Wildman–Crippen LogP) is 2.64. The molecule has 1 aromatic rings. The number of carbonyl (C=O) groups excluding carboxylic acids is 2. The first-order valence-electron chi connectivity index (χ1n) is 10.3. The maximum Gasteiger partial charge on any atom is 0.311 e. The van der Waals surface area contributed by atoms with Gasteiger partial charge in [-0.1, -0.05) is 30.4 Å². The number of likely N-dealkylation sites (N-methyl/N-ethyl adjacent to an activating group) is 1. The zero-order valence-electron chi connectivity index (χ0n) is 18.9. The minimum Gasteiger partial charge on any atom is -0.464 e. The summed E-state index contributed by atoms with van der Waals surface area (Å²) < 4.78 is 33.7. The summed E-state index contributed by atoms with van der Waals surface area (Å²) in [5.74, 6) is -1.11. The van der Waals surface area contributed by atoms with E-state index in [2.05, 4.69) is 17.6 Å². The molecule has 0 aliphatic carbocycles. The molecule has 1 atom stereocenters. The van der Waals surface area contributed by atoms with E-state index in [0.717, 1.165) is 5.69 Å². The van der Waals surface area contributed by atoms with Gasteiger partial charge in [0, 0.05) is 31.1 Å². The number of amidine groups is 1. The first-order chi connectivity index (χ1) is 15.0. The minimum absolute atomic E-state index is 0.0269. The van der Waals surface area contributed by atoms with Crippen molar-refractivity contribution in [3.8, 4) is 0 Å². The number of sulfonamides is 1. The van der Waals surface area contributed by atoms with Crippen LogP contribution in [0.2, 0.25) is 0 Å². The van der Waals surface area contributed by atoms with Crippen LogP contribution in [0.3, 0.4) is 0 Å². The van der Waals surface area contributed by atoms with Crippen molar-refractivity contribution in [2.45, 2.75) is 20.3 Å². The number of rotatable bonds is 10. The number of ether oxygens (including phenoxy) is 1. The van der Waals surface area contributed by atoms with E-state index in [1.165, 1.54) is 6.08 Å². The number of anilines is 1. The first-order valence-corrected chi connectivity index (χ1v) is 11.9. The average Bonchev–Trinajstić information content (AvgIpc) is 3.14. The zero-order chi connectivity index (χ0) is 23.9. The van der Waals surface area contributed by atoms with Gasteiger partial charge in [-0.2, -0.15) is 0 Å². The molecule has 1 unspecified atom stereocenters. The monoisotopic (exact) mass is 461 g/mol. The highest BCUT2D eigenvalue weighted by Gasteiger charge is 2.36. The Hall–Kier alpha value is -2.94. The van der Waals surface area contributed by atoms with Gasteiger partial charge in [-0.15, -0.1) is 17.6 Å². The highest BCUT2D eigenvalue weighted by atomic mass is 32.2. The molecule has 8 nitrogen and oxygen atoms in total. The third-order valence-electron chi connectivity index (χ3n) is 5.20. The van der Waals surface area contributed by atoms with Crippen molar-refractivity contribution >= 4 is 33.4 Å². The van der Waals surface area contributed by atoms with Crippen LogP contribution in [0.5, 0.6) is 0 Å². The highest BCUT2D eigenvalue weighted by molar-refractivity contribution is 7.90. The normalized spacial score (nSPS) is 17.2. The van der Waals surface area contributed by atoms with Gasteiger partial charge in [0.25, 0.3) is 10.0 Å². The quantitative estimate of drug-likeness (QED) is 0.230. The van der Waals surface area contributed by atoms with E-state index < -0.39 is 27.3 Å². The van der Waals surface area contributed by atoms with Gasteiger partial charge < -0.3 is 14.5 Å². The molecule has 0 aromatic heterocycles. The molecule has 0 bridgehead atoms. The third kappa shape index (κ3) is 6.53. The van der Waals surface area contributed by atoms with Crippen molar-refractivity contribution in [3.63, 3.8) is 0 Å². The van der Waals surface area contributed by atoms with E-state index in [1.807, 2.05) is 30.3 Å². The van der Waals surface area contributed by atoms with Crippen LogP contribution in [0.15, 0.2) is 60.0 Å². The molecule has 1 aromatic carbocycles. The highest BCUT2D eigenvalue weighted by Crippen LogP contribution is 2.26. The van der Waals surface area contributed by atoms with Crippen molar-refractivity contribution in [1.29, 1.82) is 0 Å². The second kappa shape index (κ2) is 10.6. The SMILES string of the molecule is C=CCS(=O)(=O)/N=C(/N(C)CCOC(=O)C1CC(=O)N(c2ccccc2)C1)C(C)(C)C=C. The molecule has 1 saturated heterocycles. The van der Waals surface area contributed by atoms with Gasteiger partial charge in [-0.05, 0) is 26.0 Å². The van der Waals surface area contributed by atoms with E-state index in [4.69, 9.17) is 4.74 Å². The Labute approximate surface area is 190 Å². The maximum atomic E-state index is 12.5. The standard InChI is InChI=1S/C23H31N3O5S/c1-6-15-32(29,30)24-22(23(3,4)7-2)25(5)13-14-31-21(28)18-16-20(27)26(17-18)19-11-9-8-10-12-19/h6-12,18H,1-2,13-17H2,3-5H3/b24-22+. The van der Waals surface area contributed by atoms with Gasteiger partial charge in [0.1, 0.15) is 12.4 Å². The Morgan fingerprint density at radius 3 is 2.56 bits per heavy atom. The van der Waals surface area contributed by atoms with Gasteiger partial charge in [0.05, 0.1) is 18.2 Å². The Balaban J connectivity index is 1.99. The summed E-state index contributed by atoms with van der Waals surface area (Å²) >= 11 is 0. The molecule has 0 saturated carbocycles. The van der Waals surface area contributed by atoms with Gasteiger partial charge in [0.15, 0.2) is 0 Å². The van der Waals surface area contributed by atoms with Gasteiger partial charge >= 0.3 is 5.97 Å². The average molecular weight is 462 g/mol. The topological polar surface area (TPSA) is 96.3 Å². The lowest BCUT2D eigenvalue weighted by Gasteiger charge is -2.31. The molecular weight excluding hydrogens is 430 g/mol. The zero-order valence-corrected chi connectivity index (χ0v) is 19.7. The molecule has 1 fully saturated rings. The van der Waals surface area contributed by atoms with Crippen molar-refractivity contribution in [1.82, 2.24) is 4.90 Å². The molecule has 0 spiro atoms. The largest absolute Gasteiger partial charge is 0.464 e. The van der Waals surface area contributed by atoms with Crippen molar-refractivity contribution in [2.75, 3.05) is 37.4 Å². The summed E-state index contributed by atoms with van der Waals surface area (Å²) in [4.78, 5) is 28.0. The Bertz CT molecular complexity index is 986. The number of para-hydroxylation sites is 1. The van der Waals surface area contributed by atoms with E-state index in [9.17, 15) is 18.0 Å². The number of benzene rings is 1. The predicted molar refractivity (Wildman–Crippen MR) is 126 cm³/mol. The summed E-state index contributed by atoms with van der Waals surface area (Å²) in [5.41, 5.74) is 0.0295. The number of hydrogen-bond acceptors (Lipinski definition) is 5. The molecule has 1 amide bonds. The van der Waals surface area contributed by atoms with Crippen molar-refractivity contribution < 1.29 is 22.7 Å².